The van der Waals surface area contributed by atoms with Gasteiger partial charge in [-0.15, -0.1) is 0 Å². The summed E-state index contributed by atoms with van der Waals surface area (Å²) >= 11 is 0. The fraction of sp³-hybridized carbons (Fsp3) is 1.00. The Kier molecular flexibility index (Phi) is 1.68. The monoisotopic (exact) mass is 133 g/mol. The van der Waals surface area contributed by atoms with Crippen molar-refractivity contribution in [2.45, 2.75) is 19.9 Å². The predicted octanol–water partition coefficient (Wildman–Crippen LogP) is 0.374. The maximum Gasteiger partial charge on any atom is 0.0770 e. The third kappa shape index (κ3) is 1.09. The van der Waals surface area contributed by atoms with Crippen LogP contribution in [0.4, 0.5) is 0 Å². The van der Waals surface area contributed by atoms with Crippen LogP contribution in [0.25, 0.3) is 0 Å². The van der Waals surface area contributed by atoms with E-state index in [-0.39, 0.29) is 0 Å². The van der Waals surface area contributed by atoms with Gasteiger partial charge in [-0.3, -0.25) is 9.11 Å². The van der Waals surface area contributed by atoms with Crippen LogP contribution >= 0.6 is 0 Å². The van der Waals surface area contributed by atoms with Gasteiger partial charge in [-0.2, -0.15) is 0 Å². The lowest BCUT2D eigenvalue weighted by molar-refractivity contribution is 0.272. The highest BCUT2D eigenvalue weighted by atomic mass is 32.2. The molecule has 0 atom stereocenters. The molecule has 0 saturated carbocycles. The Labute approximate surface area is 52.3 Å². The van der Waals surface area contributed by atoms with Gasteiger partial charge in [0.1, 0.15) is 0 Å². The van der Waals surface area contributed by atoms with Crippen LogP contribution in [0, 0.1) is 0 Å². The molecule has 0 bridgehead atoms. The zero-order valence-corrected chi connectivity index (χ0v) is 6.07. The van der Waals surface area contributed by atoms with Crippen molar-refractivity contribution in [2.75, 3.05) is 11.8 Å². The lowest BCUT2D eigenvalue weighted by Gasteiger charge is -2.33. The summed E-state index contributed by atoms with van der Waals surface area (Å²) in [6.07, 6.45) is 0. The van der Waals surface area contributed by atoms with Crippen molar-refractivity contribution < 1.29 is 4.21 Å². The molecule has 0 radical (unpaired) electrons. The quantitative estimate of drug-likeness (QED) is 0.515. The molecular weight excluding hydrogens is 122 g/mol. The molecule has 0 unspecified atom stereocenters. The standard InChI is InChI=1S/C5H11NOS/c1-5(2)6-3-8(7)4-6/h5H,3-4H2,1-2H3. The highest BCUT2D eigenvalue weighted by Crippen LogP contribution is 2.09. The molecule has 48 valence electrons. The normalized spacial score (nSPS) is 23.9. The van der Waals surface area contributed by atoms with Crippen LogP contribution in [0.15, 0.2) is 0 Å². The van der Waals surface area contributed by atoms with E-state index in [2.05, 4.69) is 18.7 Å². The Morgan fingerprint density at radius 1 is 1.50 bits per heavy atom. The van der Waals surface area contributed by atoms with Crippen LogP contribution in [-0.4, -0.2) is 26.9 Å². The summed E-state index contributed by atoms with van der Waals surface area (Å²) in [5.41, 5.74) is 0. The van der Waals surface area contributed by atoms with Crippen molar-refractivity contribution in [1.82, 2.24) is 4.90 Å². The van der Waals surface area contributed by atoms with Crippen LogP contribution < -0.4 is 0 Å². The molecule has 0 N–H and O–H groups in total. The van der Waals surface area contributed by atoms with Gasteiger partial charge in [-0.1, -0.05) is 0 Å². The molecule has 1 aliphatic heterocycles. The van der Waals surface area contributed by atoms with Crippen LogP contribution in [0.2, 0.25) is 0 Å². The van der Waals surface area contributed by atoms with Crippen molar-refractivity contribution in [3.05, 3.63) is 0 Å². The minimum Gasteiger partial charge on any atom is -0.278 e. The fourth-order valence-electron chi connectivity index (χ4n) is 0.630. The molecule has 0 amide bonds. The smallest absolute Gasteiger partial charge is 0.0770 e. The van der Waals surface area contributed by atoms with Gasteiger partial charge in [0, 0.05) is 16.8 Å². The first-order valence-corrected chi connectivity index (χ1v) is 4.28. The van der Waals surface area contributed by atoms with E-state index in [0.29, 0.717) is 6.04 Å². The van der Waals surface area contributed by atoms with Gasteiger partial charge in [-0.25, -0.2) is 0 Å². The summed E-state index contributed by atoms with van der Waals surface area (Å²) in [6, 6.07) is 0.577. The molecule has 0 aromatic heterocycles. The van der Waals surface area contributed by atoms with Gasteiger partial charge < -0.3 is 0 Å². The molecule has 1 fully saturated rings. The Hall–Kier alpha value is 0.110. The number of nitrogens with zero attached hydrogens (tertiary/aromatic N) is 1. The van der Waals surface area contributed by atoms with Crippen molar-refractivity contribution in [3.8, 4) is 0 Å². The van der Waals surface area contributed by atoms with Gasteiger partial charge in [0.05, 0.1) is 11.8 Å². The molecule has 2 nitrogen and oxygen atoms in total. The van der Waals surface area contributed by atoms with E-state index in [1.54, 1.807) is 0 Å². The zero-order valence-electron chi connectivity index (χ0n) is 5.26. The highest BCUT2D eigenvalue weighted by Gasteiger charge is 2.23. The average Bonchev–Trinajstić information content (AvgIpc) is 1.57. The Bertz CT molecular complexity index is 105. The molecule has 0 aromatic carbocycles. The Balaban J connectivity index is 2.25. The molecule has 1 aliphatic rings. The number of hydrogen-bond donors (Lipinski definition) is 0. The molecule has 0 spiro atoms. The second-order valence-electron chi connectivity index (χ2n) is 2.38. The lowest BCUT2D eigenvalue weighted by atomic mass is 10.4. The SMILES string of the molecule is CC(C)N1CS(=O)C1. The topological polar surface area (TPSA) is 20.3 Å². The molecule has 0 aromatic rings. The van der Waals surface area contributed by atoms with E-state index in [0.717, 1.165) is 11.8 Å². The van der Waals surface area contributed by atoms with Gasteiger partial charge in [0.25, 0.3) is 0 Å². The first-order valence-electron chi connectivity index (χ1n) is 2.79. The van der Waals surface area contributed by atoms with E-state index in [9.17, 15) is 4.21 Å². The zero-order chi connectivity index (χ0) is 6.15. The summed E-state index contributed by atoms with van der Waals surface area (Å²) in [5.74, 6) is 1.58. The molecule has 1 rings (SSSR count). The van der Waals surface area contributed by atoms with E-state index in [1.807, 2.05) is 0 Å². The van der Waals surface area contributed by atoms with E-state index < -0.39 is 10.8 Å². The van der Waals surface area contributed by atoms with Crippen molar-refractivity contribution in [1.29, 1.82) is 0 Å². The predicted molar refractivity (Wildman–Crippen MR) is 34.9 cm³/mol. The van der Waals surface area contributed by atoms with Gasteiger partial charge in [0.2, 0.25) is 0 Å². The van der Waals surface area contributed by atoms with E-state index in [4.69, 9.17) is 0 Å². The summed E-state index contributed by atoms with van der Waals surface area (Å²) in [7, 11) is -0.517. The summed E-state index contributed by atoms with van der Waals surface area (Å²) in [6.45, 7) is 4.24. The average molecular weight is 133 g/mol. The highest BCUT2D eigenvalue weighted by molar-refractivity contribution is 7.86. The molecule has 1 saturated heterocycles. The maximum atomic E-state index is 10.5. The van der Waals surface area contributed by atoms with Crippen molar-refractivity contribution >= 4 is 10.8 Å². The molecule has 0 aliphatic carbocycles. The molecule has 3 heteroatoms. The van der Waals surface area contributed by atoms with Gasteiger partial charge >= 0.3 is 0 Å². The van der Waals surface area contributed by atoms with Crippen LogP contribution in [0.3, 0.4) is 0 Å². The van der Waals surface area contributed by atoms with Crippen LogP contribution in [0.5, 0.6) is 0 Å². The summed E-state index contributed by atoms with van der Waals surface area (Å²) < 4.78 is 10.5. The van der Waals surface area contributed by atoms with Crippen molar-refractivity contribution in [2.24, 2.45) is 0 Å². The second-order valence-corrected chi connectivity index (χ2v) is 3.78. The van der Waals surface area contributed by atoms with Crippen molar-refractivity contribution in [3.63, 3.8) is 0 Å². The maximum absolute atomic E-state index is 10.5. The fourth-order valence-corrected chi connectivity index (χ4v) is 1.89. The minimum absolute atomic E-state index is 0.517. The van der Waals surface area contributed by atoms with Gasteiger partial charge in [0.15, 0.2) is 0 Å². The lowest BCUT2D eigenvalue weighted by Crippen LogP contribution is -2.46. The summed E-state index contributed by atoms with van der Waals surface area (Å²) in [5, 5.41) is 0. The Morgan fingerprint density at radius 3 is 2.12 bits per heavy atom. The largest absolute Gasteiger partial charge is 0.278 e. The Morgan fingerprint density at radius 2 is 2.00 bits per heavy atom. The van der Waals surface area contributed by atoms with Gasteiger partial charge in [-0.05, 0) is 13.8 Å². The first kappa shape index (κ1) is 6.23. The minimum atomic E-state index is -0.517. The second kappa shape index (κ2) is 2.15. The first-order chi connectivity index (χ1) is 3.70. The third-order valence-electron chi connectivity index (χ3n) is 1.35. The van der Waals surface area contributed by atoms with E-state index >= 15 is 0 Å². The van der Waals surface area contributed by atoms with Crippen LogP contribution in [0.1, 0.15) is 13.8 Å². The molecule has 8 heavy (non-hydrogen) atoms. The molecule has 1 heterocycles. The number of rotatable bonds is 1. The number of hydrogen-bond acceptors (Lipinski definition) is 2. The summed E-state index contributed by atoms with van der Waals surface area (Å²) in [4.78, 5) is 2.19. The molecular formula is C5H11NOS. The van der Waals surface area contributed by atoms with Crippen LogP contribution in [-0.2, 0) is 10.8 Å². The van der Waals surface area contributed by atoms with E-state index in [1.165, 1.54) is 0 Å². The third-order valence-corrected chi connectivity index (χ3v) is 2.59.